The minimum absolute atomic E-state index is 0.0945. The smallest absolute Gasteiger partial charge is 0.160 e. The Morgan fingerprint density at radius 2 is 0.981 bits per heavy atom. The maximum absolute atomic E-state index is 5.19. The fourth-order valence-corrected chi connectivity index (χ4v) is 8.01. The maximum Gasteiger partial charge on any atom is 0.160 e. The zero-order valence-electron chi connectivity index (χ0n) is 29.0. The fraction of sp³-hybridized carbons (Fsp3) is 0.0625. The Kier molecular flexibility index (Phi) is 6.80. The number of pyridine rings is 1. The second-order valence-corrected chi connectivity index (χ2v) is 14.1. The van der Waals surface area contributed by atoms with Gasteiger partial charge in [-0.25, -0.2) is 15.0 Å². The van der Waals surface area contributed by atoms with Gasteiger partial charge in [0.15, 0.2) is 5.82 Å². The van der Waals surface area contributed by atoms with Gasteiger partial charge in [0.05, 0.1) is 28.1 Å². The quantitative estimate of drug-likeness (QED) is 0.184. The number of aromatic nitrogens is 4. The van der Waals surface area contributed by atoms with Crippen LogP contribution in [0.5, 0.6) is 0 Å². The monoisotopic (exact) mass is 666 g/mol. The fourth-order valence-electron chi connectivity index (χ4n) is 8.01. The summed E-state index contributed by atoms with van der Waals surface area (Å²) in [5, 5.41) is 2.45. The number of nitrogens with zero attached hydrogens (tertiary/aromatic N) is 4. The van der Waals surface area contributed by atoms with Gasteiger partial charge in [-0.2, -0.15) is 0 Å². The Hall–Kier alpha value is -6.65. The van der Waals surface area contributed by atoms with Crippen LogP contribution in [0.15, 0.2) is 170 Å². The van der Waals surface area contributed by atoms with Gasteiger partial charge in [-0.1, -0.05) is 147 Å². The third kappa shape index (κ3) is 4.79. The van der Waals surface area contributed by atoms with Crippen LogP contribution in [-0.2, 0) is 5.41 Å². The molecule has 0 saturated heterocycles. The summed E-state index contributed by atoms with van der Waals surface area (Å²) in [6, 6.07) is 59.8. The number of rotatable bonds is 5. The van der Waals surface area contributed by atoms with Crippen molar-refractivity contribution in [2.45, 2.75) is 19.3 Å². The number of hydrogen-bond acceptors (Lipinski definition) is 3. The standard InChI is InChI=1S/C48H34N4/c1-48(2)39-18-9-6-15-35(39)36-28-27-34(29-40(36)48)43-30-42(50-47(51-43)33-13-4-3-5-14-33)32-25-23-31(24-26-32)41-19-12-22-46(49-41)52-44-20-10-7-16-37(44)38-17-8-11-21-45(38)52/h3-30H,1-2H3. The van der Waals surface area contributed by atoms with E-state index in [-0.39, 0.29) is 5.41 Å². The number of hydrogen-bond donors (Lipinski definition) is 0. The minimum Gasteiger partial charge on any atom is -0.294 e. The number of benzene rings is 6. The first-order valence-electron chi connectivity index (χ1n) is 17.8. The summed E-state index contributed by atoms with van der Waals surface area (Å²) in [4.78, 5) is 15.4. The van der Waals surface area contributed by atoms with Gasteiger partial charge in [0.1, 0.15) is 5.82 Å². The van der Waals surface area contributed by atoms with Gasteiger partial charge in [-0.15, -0.1) is 0 Å². The summed E-state index contributed by atoms with van der Waals surface area (Å²) in [7, 11) is 0. The molecule has 0 amide bonds. The minimum atomic E-state index is -0.0945. The van der Waals surface area contributed by atoms with Crippen LogP contribution in [0.4, 0.5) is 0 Å². The van der Waals surface area contributed by atoms with E-state index in [0.717, 1.165) is 56.2 Å². The van der Waals surface area contributed by atoms with E-state index in [0.29, 0.717) is 5.82 Å². The normalized spacial score (nSPS) is 13.0. The van der Waals surface area contributed by atoms with E-state index in [1.54, 1.807) is 0 Å². The highest BCUT2D eigenvalue weighted by molar-refractivity contribution is 6.09. The maximum atomic E-state index is 5.19. The second-order valence-electron chi connectivity index (χ2n) is 14.1. The van der Waals surface area contributed by atoms with Crippen molar-refractivity contribution in [3.05, 3.63) is 181 Å². The highest BCUT2D eigenvalue weighted by Gasteiger charge is 2.35. The summed E-state index contributed by atoms with van der Waals surface area (Å²) in [5.74, 6) is 1.60. The van der Waals surface area contributed by atoms with Crippen LogP contribution in [0.25, 0.3) is 83.9 Å². The number of para-hydroxylation sites is 2. The van der Waals surface area contributed by atoms with Crippen molar-refractivity contribution < 1.29 is 0 Å². The Morgan fingerprint density at radius 3 is 1.71 bits per heavy atom. The highest BCUT2D eigenvalue weighted by atomic mass is 15.1. The lowest BCUT2D eigenvalue weighted by Gasteiger charge is -2.22. The van der Waals surface area contributed by atoms with Gasteiger partial charge >= 0.3 is 0 Å². The van der Waals surface area contributed by atoms with Crippen molar-refractivity contribution in [3.63, 3.8) is 0 Å². The van der Waals surface area contributed by atoms with Gasteiger partial charge in [0.25, 0.3) is 0 Å². The van der Waals surface area contributed by atoms with Gasteiger partial charge in [-0.3, -0.25) is 4.57 Å². The predicted molar refractivity (Wildman–Crippen MR) is 213 cm³/mol. The summed E-state index contributed by atoms with van der Waals surface area (Å²) < 4.78 is 2.26. The lowest BCUT2D eigenvalue weighted by atomic mass is 9.82. The molecule has 10 rings (SSSR count). The molecule has 0 spiro atoms. The molecule has 0 fully saturated rings. The molecule has 0 bridgehead atoms. The molecule has 4 nitrogen and oxygen atoms in total. The third-order valence-electron chi connectivity index (χ3n) is 10.7. The molecule has 0 unspecified atom stereocenters. The lowest BCUT2D eigenvalue weighted by Crippen LogP contribution is -2.14. The van der Waals surface area contributed by atoms with E-state index >= 15 is 0 Å². The van der Waals surface area contributed by atoms with Gasteiger partial charge in [0, 0.05) is 38.4 Å². The summed E-state index contributed by atoms with van der Waals surface area (Å²) >= 11 is 0. The molecule has 0 radical (unpaired) electrons. The molecule has 1 aliphatic rings. The molecule has 246 valence electrons. The molecule has 3 aromatic heterocycles. The van der Waals surface area contributed by atoms with E-state index in [1.165, 1.54) is 33.0 Å². The first-order chi connectivity index (χ1) is 25.5. The zero-order chi connectivity index (χ0) is 34.8. The predicted octanol–water partition coefficient (Wildman–Crippen LogP) is 11.9. The van der Waals surface area contributed by atoms with Gasteiger partial charge in [-0.05, 0) is 58.7 Å². The zero-order valence-corrected chi connectivity index (χ0v) is 29.0. The van der Waals surface area contributed by atoms with Crippen molar-refractivity contribution in [1.82, 2.24) is 19.5 Å². The lowest BCUT2D eigenvalue weighted by molar-refractivity contribution is 0.660. The molecule has 1 aliphatic carbocycles. The highest BCUT2D eigenvalue weighted by Crippen LogP contribution is 2.49. The molecular formula is C48H34N4. The van der Waals surface area contributed by atoms with E-state index in [1.807, 2.05) is 18.2 Å². The van der Waals surface area contributed by atoms with Crippen LogP contribution >= 0.6 is 0 Å². The van der Waals surface area contributed by atoms with Crippen molar-refractivity contribution in [1.29, 1.82) is 0 Å². The van der Waals surface area contributed by atoms with E-state index in [2.05, 4.69) is 170 Å². The molecule has 0 N–H and O–H groups in total. The molecule has 52 heavy (non-hydrogen) atoms. The molecule has 6 aromatic carbocycles. The van der Waals surface area contributed by atoms with Crippen molar-refractivity contribution in [2.24, 2.45) is 0 Å². The van der Waals surface area contributed by atoms with Crippen LogP contribution in [0, 0.1) is 0 Å². The summed E-state index contributed by atoms with van der Waals surface area (Å²) in [6.45, 7) is 4.63. The van der Waals surface area contributed by atoms with Crippen molar-refractivity contribution >= 4 is 21.8 Å². The van der Waals surface area contributed by atoms with Crippen molar-refractivity contribution in [2.75, 3.05) is 0 Å². The van der Waals surface area contributed by atoms with Gasteiger partial charge < -0.3 is 0 Å². The molecule has 0 aliphatic heterocycles. The Balaban J connectivity index is 1.05. The Labute approximate surface area is 302 Å². The first-order valence-corrected chi connectivity index (χ1v) is 17.8. The molecule has 4 heteroatoms. The molecule has 0 saturated carbocycles. The van der Waals surface area contributed by atoms with Crippen LogP contribution in [0.2, 0.25) is 0 Å². The van der Waals surface area contributed by atoms with Crippen LogP contribution in [-0.4, -0.2) is 19.5 Å². The van der Waals surface area contributed by atoms with Crippen molar-refractivity contribution in [3.8, 4) is 62.1 Å². The van der Waals surface area contributed by atoms with Gasteiger partial charge in [0.2, 0.25) is 0 Å². The van der Waals surface area contributed by atoms with Crippen LogP contribution in [0.1, 0.15) is 25.0 Å². The Morgan fingerprint density at radius 1 is 0.404 bits per heavy atom. The van der Waals surface area contributed by atoms with E-state index < -0.39 is 0 Å². The van der Waals surface area contributed by atoms with E-state index in [4.69, 9.17) is 15.0 Å². The average molecular weight is 667 g/mol. The number of fused-ring (bicyclic) bond motifs is 6. The third-order valence-corrected chi connectivity index (χ3v) is 10.7. The molecular weight excluding hydrogens is 633 g/mol. The van der Waals surface area contributed by atoms with E-state index in [9.17, 15) is 0 Å². The molecule has 0 atom stereocenters. The SMILES string of the molecule is CC1(C)c2ccccc2-c2ccc(-c3cc(-c4ccc(-c5cccc(-n6c7ccccc7c7ccccc76)n5)cc4)nc(-c4ccccc4)n3)cc21. The van der Waals surface area contributed by atoms with Crippen LogP contribution < -0.4 is 0 Å². The average Bonchev–Trinajstić information content (AvgIpc) is 3.66. The summed E-state index contributed by atoms with van der Waals surface area (Å²) in [5.41, 5.74) is 14.4. The molecule has 9 aromatic rings. The second kappa shape index (κ2) is 11.7. The largest absolute Gasteiger partial charge is 0.294 e. The molecule has 3 heterocycles. The first kappa shape index (κ1) is 30.2. The Bertz CT molecular complexity index is 2760. The topological polar surface area (TPSA) is 43.6 Å². The summed E-state index contributed by atoms with van der Waals surface area (Å²) in [6.07, 6.45) is 0. The van der Waals surface area contributed by atoms with Crippen LogP contribution in [0.3, 0.4) is 0 Å².